The number of carboxylic acids is 1. The lowest BCUT2D eigenvalue weighted by atomic mass is 9.80. The summed E-state index contributed by atoms with van der Waals surface area (Å²) in [6.07, 6.45) is 8.65. The van der Waals surface area contributed by atoms with Crippen LogP contribution in [0.1, 0.15) is 44.1 Å². The zero-order valence-electron chi connectivity index (χ0n) is 13.3. The summed E-state index contributed by atoms with van der Waals surface area (Å²) in [4.78, 5) is 13.9. The fourth-order valence-electron chi connectivity index (χ4n) is 4.49. The number of carbonyl (C=O) groups is 1. The molecule has 0 bridgehead atoms. The fourth-order valence-corrected chi connectivity index (χ4v) is 4.49. The van der Waals surface area contributed by atoms with Crippen molar-refractivity contribution in [1.29, 1.82) is 0 Å². The van der Waals surface area contributed by atoms with Crippen LogP contribution in [0.25, 0.3) is 10.9 Å². The van der Waals surface area contributed by atoms with Gasteiger partial charge < -0.3 is 5.11 Å². The molecule has 2 aromatic rings. The van der Waals surface area contributed by atoms with Crippen LogP contribution in [-0.2, 0) is 11.3 Å². The number of nitrogens with one attached hydrogen (secondary N) is 1. The summed E-state index contributed by atoms with van der Waals surface area (Å²) in [6.45, 7) is 1.51. The number of carboxylic acid groups (broad SMARTS) is 1. The standard InChI is InChI=1S/C18H23N3O2/c22-17(23)15-5-8-18(6-1-2-7-18)21(12-15)11-13-3-4-14-10-19-20-16(14)9-13/h3-4,9-10,15H,1-2,5-8,11-12H2,(H,19,20)(H,22,23). The van der Waals surface area contributed by atoms with Gasteiger partial charge in [-0.1, -0.05) is 25.0 Å². The molecule has 0 radical (unpaired) electrons. The molecule has 1 aromatic carbocycles. The van der Waals surface area contributed by atoms with Crippen molar-refractivity contribution in [1.82, 2.24) is 15.1 Å². The molecule has 1 saturated heterocycles. The minimum Gasteiger partial charge on any atom is -0.481 e. The number of aromatic amines is 1. The topological polar surface area (TPSA) is 69.2 Å². The summed E-state index contributed by atoms with van der Waals surface area (Å²) in [5.74, 6) is -0.871. The third-order valence-electron chi connectivity index (χ3n) is 5.83. The molecule has 23 heavy (non-hydrogen) atoms. The Morgan fingerprint density at radius 3 is 2.96 bits per heavy atom. The van der Waals surface area contributed by atoms with Crippen molar-refractivity contribution >= 4 is 16.9 Å². The molecule has 1 aromatic heterocycles. The number of aromatic nitrogens is 2. The second-order valence-corrected chi connectivity index (χ2v) is 7.18. The number of hydrogen-bond donors (Lipinski definition) is 2. The molecule has 1 aliphatic heterocycles. The van der Waals surface area contributed by atoms with Gasteiger partial charge in [-0.2, -0.15) is 5.10 Å². The van der Waals surface area contributed by atoms with Crippen molar-refractivity contribution in [3.05, 3.63) is 30.0 Å². The summed E-state index contributed by atoms with van der Waals surface area (Å²) < 4.78 is 0. The Labute approximate surface area is 135 Å². The van der Waals surface area contributed by atoms with Gasteiger partial charge in [-0.3, -0.25) is 14.8 Å². The van der Waals surface area contributed by atoms with Crippen LogP contribution >= 0.6 is 0 Å². The quantitative estimate of drug-likeness (QED) is 0.913. The molecule has 2 aliphatic rings. The molecule has 5 heteroatoms. The molecule has 1 saturated carbocycles. The van der Waals surface area contributed by atoms with E-state index >= 15 is 0 Å². The van der Waals surface area contributed by atoms with Crippen molar-refractivity contribution in [2.24, 2.45) is 5.92 Å². The van der Waals surface area contributed by atoms with Gasteiger partial charge in [-0.15, -0.1) is 0 Å². The molecule has 4 rings (SSSR count). The number of likely N-dealkylation sites (tertiary alicyclic amines) is 1. The molecule has 2 heterocycles. The van der Waals surface area contributed by atoms with Crippen molar-refractivity contribution in [2.45, 2.75) is 50.6 Å². The van der Waals surface area contributed by atoms with Crippen LogP contribution in [0, 0.1) is 5.92 Å². The van der Waals surface area contributed by atoms with E-state index in [0.717, 1.165) is 30.3 Å². The number of benzene rings is 1. The number of hydrogen-bond acceptors (Lipinski definition) is 3. The average molecular weight is 313 g/mol. The first-order valence-corrected chi connectivity index (χ1v) is 8.56. The lowest BCUT2D eigenvalue weighted by Crippen LogP contribution is -2.53. The fraction of sp³-hybridized carbons (Fsp3) is 0.556. The van der Waals surface area contributed by atoms with Gasteiger partial charge in [0.25, 0.3) is 0 Å². The first kappa shape index (κ1) is 14.7. The van der Waals surface area contributed by atoms with E-state index in [4.69, 9.17) is 0 Å². The summed E-state index contributed by atoms with van der Waals surface area (Å²) in [5, 5.41) is 17.6. The maximum atomic E-state index is 11.5. The molecule has 1 aliphatic carbocycles. The number of aliphatic carboxylic acids is 1. The summed E-state index contributed by atoms with van der Waals surface area (Å²) in [6, 6.07) is 6.38. The van der Waals surface area contributed by atoms with E-state index in [1.807, 2.05) is 6.20 Å². The Kier molecular flexibility index (Phi) is 3.60. The minimum atomic E-state index is -0.646. The van der Waals surface area contributed by atoms with Gasteiger partial charge in [0, 0.05) is 24.0 Å². The van der Waals surface area contributed by atoms with Crippen LogP contribution in [0.2, 0.25) is 0 Å². The van der Waals surface area contributed by atoms with E-state index in [1.165, 1.54) is 31.2 Å². The van der Waals surface area contributed by atoms with Gasteiger partial charge in [0.2, 0.25) is 0 Å². The molecule has 1 spiro atoms. The summed E-state index contributed by atoms with van der Waals surface area (Å²) >= 11 is 0. The Balaban J connectivity index is 1.60. The molecule has 5 nitrogen and oxygen atoms in total. The van der Waals surface area contributed by atoms with E-state index in [-0.39, 0.29) is 11.5 Å². The Bertz CT molecular complexity index is 718. The van der Waals surface area contributed by atoms with E-state index in [1.54, 1.807) is 0 Å². The van der Waals surface area contributed by atoms with Gasteiger partial charge in [-0.25, -0.2) is 0 Å². The molecule has 122 valence electrons. The van der Waals surface area contributed by atoms with Crippen LogP contribution in [0.4, 0.5) is 0 Å². The molecule has 1 atom stereocenters. The minimum absolute atomic E-state index is 0.225. The first-order chi connectivity index (χ1) is 11.2. The Hall–Kier alpha value is -1.88. The van der Waals surface area contributed by atoms with Crippen LogP contribution in [0.15, 0.2) is 24.4 Å². The number of H-pyrrole nitrogens is 1. The van der Waals surface area contributed by atoms with Crippen LogP contribution in [-0.4, -0.2) is 38.3 Å². The van der Waals surface area contributed by atoms with Crippen molar-refractivity contribution in [3.8, 4) is 0 Å². The third kappa shape index (κ3) is 2.63. The van der Waals surface area contributed by atoms with Crippen molar-refractivity contribution in [2.75, 3.05) is 6.54 Å². The zero-order valence-corrected chi connectivity index (χ0v) is 13.3. The van der Waals surface area contributed by atoms with Gasteiger partial charge in [0.15, 0.2) is 0 Å². The number of piperidine rings is 1. The van der Waals surface area contributed by atoms with Gasteiger partial charge >= 0.3 is 5.97 Å². The highest BCUT2D eigenvalue weighted by Crippen LogP contribution is 2.44. The average Bonchev–Trinajstić information content (AvgIpc) is 3.19. The highest BCUT2D eigenvalue weighted by atomic mass is 16.4. The van der Waals surface area contributed by atoms with E-state index < -0.39 is 5.97 Å². The van der Waals surface area contributed by atoms with Gasteiger partial charge in [-0.05, 0) is 37.3 Å². The first-order valence-electron chi connectivity index (χ1n) is 8.56. The van der Waals surface area contributed by atoms with E-state index in [9.17, 15) is 9.90 Å². The van der Waals surface area contributed by atoms with E-state index in [0.29, 0.717) is 6.54 Å². The number of rotatable bonds is 3. The van der Waals surface area contributed by atoms with Gasteiger partial charge in [0.1, 0.15) is 0 Å². The third-order valence-corrected chi connectivity index (χ3v) is 5.83. The smallest absolute Gasteiger partial charge is 0.307 e. The zero-order chi connectivity index (χ0) is 15.9. The highest BCUT2D eigenvalue weighted by molar-refractivity contribution is 5.78. The Morgan fingerprint density at radius 2 is 2.17 bits per heavy atom. The predicted octanol–water partition coefficient (Wildman–Crippen LogP) is 3.17. The lowest BCUT2D eigenvalue weighted by Gasteiger charge is -2.47. The molecular weight excluding hydrogens is 290 g/mol. The lowest BCUT2D eigenvalue weighted by molar-refractivity contribution is -0.145. The van der Waals surface area contributed by atoms with Crippen LogP contribution < -0.4 is 0 Å². The van der Waals surface area contributed by atoms with Crippen LogP contribution in [0.3, 0.4) is 0 Å². The predicted molar refractivity (Wildman–Crippen MR) is 88.1 cm³/mol. The molecule has 2 fully saturated rings. The maximum Gasteiger partial charge on any atom is 0.307 e. The summed E-state index contributed by atoms with van der Waals surface area (Å²) in [5.41, 5.74) is 2.52. The molecular formula is C18H23N3O2. The summed E-state index contributed by atoms with van der Waals surface area (Å²) in [7, 11) is 0. The molecule has 1 unspecified atom stereocenters. The molecule has 0 amide bonds. The van der Waals surface area contributed by atoms with E-state index in [2.05, 4.69) is 33.3 Å². The second-order valence-electron chi connectivity index (χ2n) is 7.18. The normalized spacial score (nSPS) is 24.4. The van der Waals surface area contributed by atoms with Crippen molar-refractivity contribution < 1.29 is 9.90 Å². The largest absolute Gasteiger partial charge is 0.481 e. The Morgan fingerprint density at radius 1 is 1.35 bits per heavy atom. The maximum absolute atomic E-state index is 11.5. The number of nitrogens with zero attached hydrogens (tertiary/aromatic N) is 2. The SMILES string of the molecule is O=C(O)C1CCC2(CCCC2)N(Cc2ccc3cn[nH]c3c2)C1. The number of fused-ring (bicyclic) bond motifs is 1. The van der Waals surface area contributed by atoms with Crippen LogP contribution in [0.5, 0.6) is 0 Å². The highest BCUT2D eigenvalue weighted by Gasteiger charge is 2.44. The monoisotopic (exact) mass is 313 g/mol. The second kappa shape index (κ2) is 5.64. The van der Waals surface area contributed by atoms with Crippen molar-refractivity contribution in [3.63, 3.8) is 0 Å². The van der Waals surface area contributed by atoms with Gasteiger partial charge in [0.05, 0.1) is 17.6 Å². The molecule has 2 N–H and O–H groups in total.